The van der Waals surface area contributed by atoms with Crippen molar-refractivity contribution in [1.82, 2.24) is 5.32 Å². The van der Waals surface area contributed by atoms with Gasteiger partial charge in [-0.25, -0.2) is 0 Å². The summed E-state index contributed by atoms with van der Waals surface area (Å²) in [5.41, 5.74) is 7.00. The van der Waals surface area contributed by atoms with Crippen LogP contribution in [-0.4, -0.2) is 0 Å². The highest BCUT2D eigenvalue weighted by Gasteiger charge is 2.12. The van der Waals surface area contributed by atoms with Gasteiger partial charge in [0.15, 0.2) is 0 Å². The smallest absolute Gasteiger partial charge is 0.0305 e. The van der Waals surface area contributed by atoms with Gasteiger partial charge in [-0.15, -0.1) is 11.3 Å². The molecule has 1 aromatic heterocycles. The molecule has 1 atom stereocenters. The van der Waals surface area contributed by atoms with E-state index < -0.39 is 0 Å². The fourth-order valence-corrected chi connectivity index (χ4v) is 3.96. The highest BCUT2D eigenvalue weighted by atomic mass is 32.1. The van der Waals surface area contributed by atoms with Gasteiger partial charge in [0.2, 0.25) is 0 Å². The normalized spacial score (nSPS) is 12.7. The second-order valence-corrected chi connectivity index (χ2v) is 7.31. The molecule has 0 fully saturated rings. The summed E-state index contributed by atoms with van der Waals surface area (Å²) in [6.45, 7) is 14.2. The molecule has 1 nitrogen and oxygen atoms in total. The lowest BCUT2D eigenvalue weighted by atomic mass is 9.99. The maximum Gasteiger partial charge on any atom is 0.0305 e. The van der Waals surface area contributed by atoms with Gasteiger partial charge in [-0.1, -0.05) is 17.7 Å². The topological polar surface area (TPSA) is 12.0 Å². The Morgan fingerprint density at radius 3 is 2.10 bits per heavy atom. The summed E-state index contributed by atoms with van der Waals surface area (Å²) in [7, 11) is 0. The summed E-state index contributed by atoms with van der Waals surface area (Å²) >= 11 is 1.89. The summed E-state index contributed by atoms with van der Waals surface area (Å²) in [6.07, 6.45) is 0. The molecule has 0 amide bonds. The molecule has 0 saturated carbocycles. The van der Waals surface area contributed by atoms with E-state index in [0.29, 0.717) is 6.04 Å². The molecule has 1 unspecified atom stereocenters. The molecule has 2 heteroatoms. The average Bonchev–Trinajstić information content (AvgIpc) is 2.66. The van der Waals surface area contributed by atoms with E-state index in [4.69, 9.17) is 0 Å². The van der Waals surface area contributed by atoms with Crippen LogP contribution in [0.4, 0.5) is 0 Å². The summed E-state index contributed by atoms with van der Waals surface area (Å²) in [4.78, 5) is 2.83. The number of rotatable bonds is 4. The zero-order valence-electron chi connectivity index (χ0n) is 13.4. The first kappa shape index (κ1) is 15.3. The molecule has 20 heavy (non-hydrogen) atoms. The van der Waals surface area contributed by atoms with Gasteiger partial charge in [0.25, 0.3) is 0 Å². The van der Waals surface area contributed by atoms with Crippen molar-refractivity contribution >= 4 is 11.3 Å². The largest absolute Gasteiger partial charge is 0.306 e. The van der Waals surface area contributed by atoms with Crippen molar-refractivity contribution in [3.05, 3.63) is 55.8 Å². The molecule has 0 aliphatic rings. The van der Waals surface area contributed by atoms with Crippen LogP contribution in [0.5, 0.6) is 0 Å². The summed E-state index contributed by atoms with van der Waals surface area (Å²) in [5.74, 6) is 0. The SMILES string of the molecule is Cc1cc(C)c(CNC(C)c2cc(C)sc2C)c(C)c1. The monoisotopic (exact) mass is 287 g/mol. The quantitative estimate of drug-likeness (QED) is 0.821. The first-order valence-electron chi connectivity index (χ1n) is 7.25. The minimum absolute atomic E-state index is 0.403. The van der Waals surface area contributed by atoms with Crippen LogP contribution in [0.25, 0.3) is 0 Å². The minimum Gasteiger partial charge on any atom is -0.306 e. The van der Waals surface area contributed by atoms with Crippen molar-refractivity contribution < 1.29 is 0 Å². The first-order chi connectivity index (χ1) is 9.38. The molecule has 0 saturated heterocycles. The van der Waals surface area contributed by atoms with Crippen molar-refractivity contribution in [2.45, 2.75) is 54.1 Å². The van der Waals surface area contributed by atoms with Crippen LogP contribution in [0.2, 0.25) is 0 Å². The van der Waals surface area contributed by atoms with Gasteiger partial charge in [-0.05, 0) is 69.9 Å². The lowest BCUT2D eigenvalue weighted by Gasteiger charge is -2.17. The van der Waals surface area contributed by atoms with Crippen LogP contribution in [0.15, 0.2) is 18.2 Å². The zero-order valence-corrected chi connectivity index (χ0v) is 14.2. The van der Waals surface area contributed by atoms with Crippen molar-refractivity contribution in [3.63, 3.8) is 0 Å². The van der Waals surface area contributed by atoms with Crippen molar-refractivity contribution in [1.29, 1.82) is 0 Å². The third-order valence-corrected chi connectivity index (χ3v) is 4.95. The standard InChI is InChI=1S/C18H25NS/c1-11-7-12(2)18(13(3)8-11)10-19-15(5)17-9-14(4)20-16(17)6/h7-9,15,19H,10H2,1-6H3. The Kier molecular flexibility index (Phi) is 4.66. The molecular formula is C18H25NS. The Morgan fingerprint density at radius 2 is 1.60 bits per heavy atom. The molecule has 1 N–H and O–H groups in total. The zero-order chi connectivity index (χ0) is 14.9. The van der Waals surface area contributed by atoms with Crippen LogP contribution in [0.3, 0.4) is 0 Å². The lowest BCUT2D eigenvalue weighted by Crippen LogP contribution is -2.19. The minimum atomic E-state index is 0.403. The van der Waals surface area contributed by atoms with E-state index in [1.807, 2.05) is 11.3 Å². The summed E-state index contributed by atoms with van der Waals surface area (Å²) in [5, 5.41) is 3.68. The summed E-state index contributed by atoms with van der Waals surface area (Å²) < 4.78 is 0. The van der Waals surface area contributed by atoms with Crippen molar-refractivity contribution in [3.8, 4) is 0 Å². The average molecular weight is 287 g/mol. The van der Waals surface area contributed by atoms with Gasteiger partial charge in [0, 0.05) is 22.3 Å². The molecule has 0 bridgehead atoms. The molecular weight excluding hydrogens is 262 g/mol. The van der Waals surface area contributed by atoms with E-state index in [-0.39, 0.29) is 0 Å². The third-order valence-electron chi connectivity index (χ3n) is 3.97. The second-order valence-electron chi connectivity index (χ2n) is 5.85. The number of hydrogen-bond donors (Lipinski definition) is 1. The molecule has 2 rings (SSSR count). The molecule has 0 spiro atoms. The Balaban J connectivity index is 2.11. The number of benzene rings is 1. The first-order valence-corrected chi connectivity index (χ1v) is 8.07. The van der Waals surface area contributed by atoms with E-state index in [1.54, 1.807) is 0 Å². The Morgan fingerprint density at radius 1 is 1.00 bits per heavy atom. The Bertz CT molecular complexity index is 587. The van der Waals surface area contributed by atoms with Crippen LogP contribution in [-0.2, 0) is 6.54 Å². The molecule has 0 aliphatic carbocycles. The molecule has 0 radical (unpaired) electrons. The van der Waals surface area contributed by atoms with E-state index in [1.165, 1.54) is 37.6 Å². The van der Waals surface area contributed by atoms with Crippen LogP contribution in [0.1, 0.15) is 50.5 Å². The molecule has 2 aromatic rings. The molecule has 1 aromatic carbocycles. The van der Waals surface area contributed by atoms with Crippen molar-refractivity contribution in [2.24, 2.45) is 0 Å². The fourth-order valence-electron chi connectivity index (χ4n) is 2.93. The summed E-state index contributed by atoms with van der Waals surface area (Å²) in [6, 6.07) is 7.26. The van der Waals surface area contributed by atoms with Crippen LogP contribution >= 0.6 is 11.3 Å². The van der Waals surface area contributed by atoms with E-state index in [9.17, 15) is 0 Å². The number of aryl methyl sites for hydroxylation is 5. The van der Waals surface area contributed by atoms with Gasteiger partial charge < -0.3 is 5.32 Å². The van der Waals surface area contributed by atoms with Crippen LogP contribution < -0.4 is 5.32 Å². The fraction of sp³-hybridized carbons (Fsp3) is 0.444. The molecule has 0 aliphatic heterocycles. The van der Waals surface area contributed by atoms with E-state index >= 15 is 0 Å². The Labute approximate surface area is 127 Å². The van der Waals surface area contributed by atoms with Gasteiger partial charge in [0.05, 0.1) is 0 Å². The van der Waals surface area contributed by atoms with E-state index in [2.05, 4.69) is 65.1 Å². The van der Waals surface area contributed by atoms with Gasteiger partial charge >= 0.3 is 0 Å². The van der Waals surface area contributed by atoms with Gasteiger partial charge in [0.1, 0.15) is 0 Å². The van der Waals surface area contributed by atoms with E-state index in [0.717, 1.165) is 6.54 Å². The Hall–Kier alpha value is -1.12. The highest BCUT2D eigenvalue weighted by Crippen LogP contribution is 2.26. The predicted octanol–water partition coefficient (Wildman–Crippen LogP) is 5.14. The maximum atomic E-state index is 3.68. The second kappa shape index (κ2) is 6.11. The molecule has 108 valence electrons. The number of thiophene rings is 1. The highest BCUT2D eigenvalue weighted by molar-refractivity contribution is 7.12. The third kappa shape index (κ3) is 3.31. The van der Waals surface area contributed by atoms with Crippen LogP contribution in [0, 0.1) is 34.6 Å². The number of nitrogens with one attached hydrogen (secondary N) is 1. The van der Waals surface area contributed by atoms with Gasteiger partial charge in [-0.2, -0.15) is 0 Å². The van der Waals surface area contributed by atoms with Crippen molar-refractivity contribution in [2.75, 3.05) is 0 Å². The van der Waals surface area contributed by atoms with Gasteiger partial charge in [-0.3, -0.25) is 0 Å². The number of hydrogen-bond acceptors (Lipinski definition) is 2. The maximum absolute atomic E-state index is 3.68. The predicted molar refractivity (Wildman–Crippen MR) is 89.7 cm³/mol. The molecule has 1 heterocycles. The lowest BCUT2D eigenvalue weighted by molar-refractivity contribution is 0.571.